The number of nitro groups is 1. The number of aromatic carboxylic acids is 1. The van der Waals surface area contributed by atoms with Gasteiger partial charge in [-0.25, -0.2) is 13.9 Å². The van der Waals surface area contributed by atoms with Crippen LogP contribution in [0.3, 0.4) is 0 Å². The molecule has 1 N–H and O–H groups in total. The van der Waals surface area contributed by atoms with Gasteiger partial charge in [-0.05, 0) is 6.07 Å². The van der Waals surface area contributed by atoms with Crippen LogP contribution in [0.5, 0.6) is 5.75 Å². The Morgan fingerprint density at radius 1 is 1.52 bits per heavy atom. The number of hydrogen-bond donors (Lipinski definition) is 1. The van der Waals surface area contributed by atoms with Gasteiger partial charge in [0.15, 0.2) is 17.3 Å². The molecule has 110 valence electrons. The third kappa shape index (κ3) is 3.49. The van der Waals surface area contributed by atoms with Crippen LogP contribution in [0, 0.1) is 15.9 Å². The number of nitro benzene ring substituents is 1. The van der Waals surface area contributed by atoms with Gasteiger partial charge in [-0.2, -0.15) is 0 Å². The van der Waals surface area contributed by atoms with Gasteiger partial charge in [0, 0.05) is 6.07 Å². The maximum atomic E-state index is 13.5. The van der Waals surface area contributed by atoms with Gasteiger partial charge in [-0.15, -0.1) is 5.10 Å². The molecule has 0 fully saturated rings. The molecule has 0 aliphatic rings. The van der Waals surface area contributed by atoms with Crippen molar-refractivity contribution < 1.29 is 24.0 Å². The number of halogens is 1. The lowest BCUT2D eigenvalue weighted by Gasteiger charge is -2.06. The summed E-state index contributed by atoms with van der Waals surface area (Å²) in [4.78, 5) is 20.3. The number of carboxylic acids is 1. The van der Waals surface area contributed by atoms with Gasteiger partial charge in [0.25, 0.3) is 5.69 Å². The van der Waals surface area contributed by atoms with E-state index >= 15 is 0 Å². The van der Waals surface area contributed by atoms with E-state index in [2.05, 4.69) is 10.3 Å². The Morgan fingerprint density at radius 3 is 2.86 bits per heavy atom. The Bertz CT molecular complexity index is 687. The lowest BCUT2D eigenvalue weighted by atomic mass is 10.3. The Kier molecular flexibility index (Phi) is 4.07. The molecule has 1 aromatic carbocycles. The number of hydrogen-bond acceptors (Lipinski definition) is 6. The summed E-state index contributed by atoms with van der Waals surface area (Å²) in [6, 6.07) is 3.03. The van der Waals surface area contributed by atoms with Crippen molar-refractivity contribution in [3.63, 3.8) is 0 Å². The summed E-state index contributed by atoms with van der Waals surface area (Å²) >= 11 is 0. The molecule has 10 heteroatoms. The van der Waals surface area contributed by atoms with Crippen molar-refractivity contribution in [3.05, 3.63) is 46.0 Å². The maximum absolute atomic E-state index is 13.5. The molecule has 2 rings (SSSR count). The van der Waals surface area contributed by atoms with Crippen molar-refractivity contribution in [2.24, 2.45) is 0 Å². The SMILES string of the molecule is O=C(O)c1cn(CCOc2ccc([N+](=O)[O-])cc2F)nn1. The summed E-state index contributed by atoms with van der Waals surface area (Å²) < 4.78 is 19.8. The number of aromatic nitrogens is 3. The van der Waals surface area contributed by atoms with E-state index in [1.54, 1.807) is 0 Å². The van der Waals surface area contributed by atoms with E-state index in [0.717, 1.165) is 18.2 Å². The molecule has 9 nitrogen and oxygen atoms in total. The fourth-order valence-electron chi connectivity index (χ4n) is 1.48. The monoisotopic (exact) mass is 296 g/mol. The molecule has 0 saturated carbocycles. The second kappa shape index (κ2) is 5.94. The Balaban J connectivity index is 1.93. The average molecular weight is 296 g/mol. The van der Waals surface area contributed by atoms with E-state index in [1.165, 1.54) is 10.9 Å². The Hall–Kier alpha value is -3.04. The van der Waals surface area contributed by atoms with Crippen LogP contribution in [-0.4, -0.2) is 37.6 Å². The van der Waals surface area contributed by atoms with Crippen LogP contribution >= 0.6 is 0 Å². The normalized spacial score (nSPS) is 10.3. The smallest absolute Gasteiger partial charge is 0.358 e. The van der Waals surface area contributed by atoms with Crippen molar-refractivity contribution in [2.45, 2.75) is 6.54 Å². The van der Waals surface area contributed by atoms with Gasteiger partial charge < -0.3 is 9.84 Å². The minimum atomic E-state index is -1.21. The average Bonchev–Trinajstić information content (AvgIpc) is 2.89. The number of rotatable bonds is 6. The van der Waals surface area contributed by atoms with Crippen molar-refractivity contribution in [1.82, 2.24) is 15.0 Å². The molecule has 1 heterocycles. The van der Waals surface area contributed by atoms with Crippen LogP contribution in [0.4, 0.5) is 10.1 Å². The van der Waals surface area contributed by atoms with Crippen LogP contribution in [0.25, 0.3) is 0 Å². The van der Waals surface area contributed by atoms with E-state index in [1.807, 2.05) is 0 Å². The topological polar surface area (TPSA) is 120 Å². The second-order valence-electron chi connectivity index (χ2n) is 3.89. The summed E-state index contributed by atoms with van der Waals surface area (Å²) in [7, 11) is 0. The number of nitrogens with zero attached hydrogens (tertiary/aromatic N) is 4. The summed E-state index contributed by atoms with van der Waals surface area (Å²) in [5, 5.41) is 26.1. The number of carbonyl (C=O) groups is 1. The van der Waals surface area contributed by atoms with E-state index in [4.69, 9.17) is 9.84 Å². The number of benzene rings is 1. The molecule has 0 radical (unpaired) electrons. The molecule has 0 bridgehead atoms. The maximum Gasteiger partial charge on any atom is 0.358 e. The molecule has 0 atom stereocenters. The number of carboxylic acid groups (broad SMARTS) is 1. The summed E-state index contributed by atoms with van der Waals surface area (Å²) in [6.45, 7) is 0.147. The predicted molar refractivity (Wildman–Crippen MR) is 65.5 cm³/mol. The van der Waals surface area contributed by atoms with Gasteiger partial charge in [0.05, 0.1) is 23.7 Å². The molecule has 21 heavy (non-hydrogen) atoms. The molecule has 0 saturated heterocycles. The minimum Gasteiger partial charge on any atom is -0.489 e. The van der Waals surface area contributed by atoms with Gasteiger partial charge in [-0.1, -0.05) is 5.21 Å². The van der Waals surface area contributed by atoms with Gasteiger partial charge in [0.1, 0.15) is 6.61 Å². The lowest BCUT2D eigenvalue weighted by Crippen LogP contribution is -2.09. The highest BCUT2D eigenvalue weighted by Gasteiger charge is 2.12. The molecule has 0 aliphatic carbocycles. The van der Waals surface area contributed by atoms with Crippen molar-refractivity contribution in [3.8, 4) is 5.75 Å². The zero-order chi connectivity index (χ0) is 15.4. The summed E-state index contributed by atoms with van der Waals surface area (Å²) in [6.07, 6.45) is 1.21. The highest BCUT2D eigenvalue weighted by atomic mass is 19.1. The van der Waals surface area contributed by atoms with Crippen molar-refractivity contribution in [1.29, 1.82) is 0 Å². The molecule has 1 aromatic heterocycles. The van der Waals surface area contributed by atoms with E-state index < -0.39 is 16.7 Å². The number of ether oxygens (including phenoxy) is 1. The van der Waals surface area contributed by atoms with Gasteiger partial charge >= 0.3 is 5.97 Å². The quantitative estimate of drug-likeness (QED) is 0.625. The van der Waals surface area contributed by atoms with Crippen LogP contribution in [0.1, 0.15) is 10.5 Å². The highest BCUT2D eigenvalue weighted by Crippen LogP contribution is 2.22. The van der Waals surface area contributed by atoms with Crippen LogP contribution in [0.15, 0.2) is 24.4 Å². The van der Waals surface area contributed by atoms with E-state index in [-0.39, 0.29) is 30.3 Å². The Labute approximate surface area is 116 Å². The summed E-state index contributed by atoms with van der Waals surface area (Å²) in [5.41, 5.74) is -0.584. The van der Waals surface area contributed by atoms with E-state index in [9.17, 15) is 19.3 Å². The zero-order valence-corrected chi connectivity index (χ0v) is 10.5. The molecule has 0 amide bonds. The molecule has 0 unspecified atom stereocenters. The van der Waals surface area contributed by atoms with Crippen LogP contribution in [0.2, 0.25) is 0 Å². The fraction of sp³-hybridized carbons (Fsp3) is 0.182. The minimum absolute atomic E-state index is 0.00283. The fourth-order valence-corrected chi connectivity index (χ4v) is 1.48. The van der Waals surface area contributed by atoms with Crippen LogP contribution in [-0.2, 0) is 6.54 Å². The number of non-ortho nitro benzene ring substituents is 1. The molecular formula is C11H9FN4O5. The van der Waals surface area contributed by atoms with Crippen LogP contribution < -0.4 is 4.74 Å². The molecular weight excluding hydrogens is 287 g/mol. The third-order valence-electron chi connectivity index (χ3n) is 2.46. The lowest BCUT2D eigenvalue weighted by molar-refractivity contribution is -0.385. The van der Waals surface area contributed by atoms with Gasteiger partial charge in [-0.3, -0.25) is 10.1 Å². The first-order valence-corrected chi connectivity index (χ1v) is 5.67. The van der Waals surface area contributed by atoms with Crippen molar-refractivity contribution >= 4 is 11.7 Å². The van der Waals surface area contributed by atoms with Crippen molar-refractivity contribution in [2.75, 3.05) is 6.61 Å². The second-order valence-corrected chi connectivity index (χ2v) is 3.89. The molecule has 2 aromatic rings. The first kappa shape index (κ1) is 14.4. The Morgan fingerprint density at radius 2 is 2.29 bits per heavy atom. The highest BCUT2D eigenvalue weighted by molar-refractivity contribution is 5.84. The third-order valence-corrected chi connectivity index (χ3v) is 2.46. The standard InChI is InChI=1S/C11H9FN4O5/c12-8-5-7(16(19)20)1-2-10(8)21-4-3-15-6-9(11(17)18)13-14-15/h1-2,5-6H,3-4H2,(H,17,18). The molecule has 0 spiro atoms. The zero-order valence-electron chi connectivity index (χ0n) is 10.5. The molecule has 0 aliphatic heterocycles. The first-order valence-electron chi connectivity index (χ1n) is 5.67. The largest absolute Gasteiger partial charge is 0.489 e. The summed E-state index contributed by atoms with van der Waals surface area (Å²) in [5.74, 6) is -2.20. The van der Waals surface area contributed by atoms with E-state index in [0.29, 0.717) is 0 Å². The van der Waals surface area contributed by atoms with Gasteiger partial charge in [0.2, 0.25) is 0 Å². The first-order chi connectivity index (χ1) is 9.97. The predicted octanol–water partition coefficient (Wildman–Crippen LogP) is 1.10.